The fourth-order valence-corrected chi connectivity index (χ4v) is 2.45. The molecule has 0 aromatic heterocycles. The number of hydrogen-bond acceptors (Lipinski definition) is 1. The van der Waals surface area contributed by atoms with Crippen molar-refractivity contribution in [1.82, 2.24) is 5.32 Å². The standard InChI is InChI=1S/C11H12Br2FN/c1-15-5-3-2-4-9-10(13)6-8(12)7-11(9)14/h2,4,6-7,15H,3,5H2,1H3. The molecule has 4 heteroatoms. The molecule has 82 valence electrons. The Hall–Kier alpha value is -0.190. The Morgan fingerprint density at radius 2 is 2.13 bits per heavy atom. The fourth-order valence-electron chi connectivity index (χ4n) is 1.14. The Morgan fingerprint density at radius 3 is 2.73 bits per heavy atom. The van der Waals surface area contributed by atoms with E-state index in [0.29, 0.717) is 5.56 Å². The van der Waals surface area contributed by atoms with Gasteiger partial charge < -0.3 is 5.32 Å². The first kappa shape index (κ1) is 12.9. The summed E-state index contributed by atoms with van der Waals surface area (Å²) >= 11 is 6.57. The summed E-state index contributed by atoms with van der Waals surface area (Å²) in [5.74, 6) is -0.225. The van der Waals surface area contributed by atoms with Crippen molar-refractivity contribution in [2.24, 2.45) is 0 Å². The van der Waals surface area contributed by atoms with Crippen LogP contribution >= 0.6 is 31.9 Å². The zero-order valence-electron chi connectivity index (χ0n) is 8.36. The Morgan fingerprint density at radius 1 is 1.40 bits per heavy atom. The Balaban J connectivity index is 2.80. The summed E-state index contributed by atoms with van der Waals surface area (Å²) in [4.78, 5) is 0. The third-order valence-electron chi connectivity index (χ3n) is 1.89. The highest BCUT2D eigenvalue weighted by atomic mass is 79.9. The molecule has 0 atom stereocenters. The van der Waals surface area contributed by atoms with Crippen LogP contribution in [-0.4, -0.2) is 13.6 Å². The van der Waals surface area contributed by atoms with E-state index in [2.05, 4.69) is 37.2 Å². The van der Waals surface area contributed by atoms with Crippen LogP contribution in [0.3, 0.4) is 0 Å². The average molecular weight is 337 g/mol. The first-order valence-corrected chi connectivity index (χ1v) is 6.19. The summed E-state index contributed by atoms with van der Waals surface area (Å²) in [6.07, 6.45) is 4.63. The molecule has 1 rings (SSSR count). The van der Waals surface area contributed by atoms with E-state index in [1.165, 1.54) is 6.07 Å². The molecule has 0 aliphatic carbocycles. The topological polar surface area (TPSA) is 12.0 Å². The SMILES string of the molecule is CNCCC=Cc1c(F)cc(Br)cc1Br. The first-order valence-electron chi connectivity index (χ1n) is 4.61. The predicted octanol–water partition coefficient (Wildman–Crippen LogP) is 3.97. The second kappa shape index (κ2) is 6.40. The van der Waals surface area contributed by atoms with Gasteiger partial charge >= 0.3 is 0 Å². The fraction of sp³-hybridized carbons (Fsp3) is 0.273. The van der Waals surface area contributed by atoms with Crippen molar-refractivity contribution in [2.75, 3.05) is 13.6 Å². The molecular formula is C11H12Br2FN. The van der Waals surface area contributed by atoms with Gasteiger partial charge in [0.1, 0.15) is 5.82 Å². The maximum Gasteiger partial charge on any atom is 0.132 e. The number of halogens is 3. The van der Waals surface area contributed by atoms with E-state index in [1.54, 1.807) is 6.08 Å². The molecule has 0 spiro atoms. The van der Waals surface area contributed by atoms with Crippen LogP contribution in [0.15, 0.2) is 27.2 Å². The van der Waals surface area contributed by atoms with E-state index < -0.39 is 0 Å². The van der Waals surface area contributed by atoms with Gasteiger partial charge in [-0.1, -0.05) is 44.0 Å². The van der Waals surface area contributed by atoms with Crippen molar-refractivity contribution in [3.05, 3.63) is 38.5 Å². The van der Waals surface area contributed by atoms with Crippen molar-refractivity contribution in [1.29, 1.82) is 0 Å². The summed E-state index contributed by atoms with van der Waals surface area (Å²) in [6, 6.07) is 3.29. The van der Waals surface area contributed by atoms with Crippen molar-refractivity contribution in [2.45, 2.75) is 6.42 Å². The highest BCUT2D eigenvalue weighted by molar-refractivity contribution is 9.11. The van der Waals surface area contributed by atoms with E-state index in [0.717, 1.165) is 21.9 Å². The molecule has 0 aliphatic heterocycles. The van der Waals surface area contributed by atoms with Crippen molar-refractivity contribution in [3.8, 4) is 0 Å². The minimum absolute atomic E-state index is 0.225. The predicted molar refractivity (Wildman–Crippen MR) is 69.4 cm³/mol. The number of rotatable bonds is 4. The lowest BCUT2D eigenvalue weighted by Crippen LogP contribution is -2.05. The maximum absolute atomic E-state index is 13.5. The Kier molecular flexibility index (Phi) is 5.50. The van der Waals surface area contributed by atoms with E-state index in [-0.39, 0.29) is 5.82 Å². The van der Waals surface area contributed by atoms with Gasteiger partial charge in [0.25, 0.3) is 0 Å². The summed E-state index contributed by atoms with van der Waals surface area (Å²) in [6.45, 7) is 0.895. The molecule has 1 nitrogen and oxygen atoms in total. The largest absolute Gasteiger partial charge is 0.319 e. The van der Waals surface area contributed by atoms with E-state index >= 15 is 0 Å². The first-order chi connectivity index (χ1) is 7.15. The third kappa shape index (κ3) is 4.05. The molecule has 0 bridgehead atoms. The lowest BCUT2D eigenvalue weighted by atomic mass is 10.2. The van der Waals surface area contributed by atoms with Crippen LogP contribution in [0.5, 0.6) is 0 Å². The van der Waals surface area contributed by atoms with Crippen LogP contribution in [0.2, 0.25) is 0 Å². The van der Waals surface area contributed by atoms with Gasteiger partial charge in [-0.3, -0.25) is 0 Å². The molecular weight excluding hydrogens is 325 g/mol. The second-order valence-corrected chi connectivity index (χ2v) is 4.85. The molecule has 0 unspecified atom stereocenters. The maximum atomic E-state index is 13.5. The molecule has 0 heterocycles. The number of benzene rings is 1. The molecule has 1 N–H and O–H groups in total. The second-order valence-electron chi connectivity index (χ2n) is 3.08. The minimum Gasteiger partial charge on any atom is -0.319 e. The molecule has 0 amide bonds. The van der Waals surface area contributed by atoms with Crippen LogP contribution < -0.4 is 5.32 Å². The summed E-state index contributed by atoms with van der Waals surface area (Å²) in [5.41, 5.74) is 0.592. The number of nitrogens with one attached hydrogen (secondary N) is 1. The minimum atomic E-state index is -0.225. The van der Waals surface area contributed by atoms with Crippen molar-refractivity contribution in [3.63, 3.8) is 0 Å². The van der Waals surface area contributed by atoms with Crippen LogP contribution in [-0.2, 0) is 0 Å². The average Bonchev–Trinajstić information content (AvgIpc) is 2.15. The lowest BCUT2D eigenvalue weighted by Gasteiger charge is -2.02. The summed E-state index contributed by atoms with van der Waals surface area (Å²) in [7, 11) is 1.89. The van der Waals surface area contributed by atoms with Crippen LogP contribution in [0.1, 0.15) is 12.0 Å². The molecule has 0 saturated carbocycles. The van der Waals surface area contributed by atoms with Gasteiger partial charge in [0.2, 0.25) is 0 Å². The smallest absolute Gasteiger partial charge is 0.132 e. The van der Waals surface area contributed by atoms with Gasteiger partial charge in [0, 0.05) is 14.5 Å². The molecule has 1 aromatic rings. The van der Waals surface area contributed by atoms with E-state index in [9.17, 15) is 4.39 Å². The van der Waals surface area contributed by atoms with E-state index in [1.807, 2.05) is 19.2 Å². The normalized spacial score (nSPS) is 11.2. The summed E-state index contributed by atoms with van der Waals surface area (Å²) < 4.78 is 15.0. The third-order valence-corrected chi connectivity index (χ3v) is 3.00. The Labute approximate surface area is 106 Å². The van der Waals surface area contributed by atoms with Crippen molar-refractivity contribution < 1.29 is 4.39 Å². The van der Waals surface area contributed by atoms with Gasteiger partial charge in [-0.15, -0.1) is 0 Å². The summed E-state index contributed by atoms with van der Waals surface area (Å²) in [5, 5.41) is 3.03. The lowest BCUT2D eigenvalue weighted by molar-refractivity contribution is 0.623. The van der Waals surface area contributed by atoms with Crippen LogP contribution in [0.25, 0.3) is 6.08 Å². The van der Waals surface area contributed by atoms with Crippen molar-refractivity contribution >= 4 is 37.9 Å². The molecule has 0 fully saturated rings. The van der Waals surface area contributed by atoms with Gasteiger partial charge in [-0.25, -0.2) is 4.39 Å². The highest BCUT2D eigenvalue weighted by Crippen LogP contribution is 2.26. The van der Waals surface area contributed by atoms with Gasteiger partial charge in [-0.2, -0.15) is 0 Å². The molecule has 0 radical (unpaired) electrons. The van der Waals surface area contributed by atoms with Gasteiger partial charge in [-0.05, 0) is 32.1 Å². The number of hydrogen-bond donors (Lipinski definition) is 1. The van der Waals surface area contributed by atoms with Crippen LogP contribution in [0.4, 0.5) is 4.39 Å². The van der Waals surface area contributed by atoms with Gasteiger partial charge in [0.15, 0.2) is 0 Å². The Bertz CT molecular complexity index is 341. The zero-order chi connectivity index (χ0) is 11.3. The van der Waals surface area contributed by atoms with E-state index in [4.69, 9.17) is 0 Å². The zero-order valence-corrected chi connectivity index (χ0v) is 11.5. The molecule has 0 aliphatic rings. The molecule has 0 saturated heterocycles. The van der Waals surface area contributed by atoms with Crippen LogP contribution in [0, 0.1) is 5.82 Å². The highest BCUT2D eigenvalue weighted by Gasteiger charge is 2.04. The quantitative estimate of drug-likeness (QED) is 0.820. The monoisotopic (exact) mass is 335 g/mol. The molecule has 1 aromatic carbocycles. The molecule has 15 heavy (non-hydrogen) atoms. The van der Waals surface area contributed by atoms with Gasteiger partial charge in [0.05, 0.1) is 0 Å².